The highest BCUT2D eigenvalue weighted by atomic mass is 32.1. The van der Waals surface area contributed by atoms with Crippen molar-refractivity contribution >= 4 is 33.2 Å². The predicted molar refractivity (Wildman–Crippen MR) is 125 cm³/mol. The first-order valence-corrected chi connectivity index (χ1v) is 11.5. The molecule has 1 aliphatic rings. The number of carbonyl (C=O) groups excluding carboxylic acids is 1. The summed E-state index contributed by atoms with van der Waals surface area (Å²) in [7, 11) is 1.42. The van der Waals surface area contributed by atoms with Gasteiger partial charge in [-0.15, -0.1) is 11.3 Å². The number of hydrogen-bond acceptors (Lipinski definition) is 7. The molecule has 0 saturated carbocycles. The lowest BCUT2D eigenvalue weighted by atomic mass is 10.1. The normalized spacial score (nSPS) is 14.9. The monoisotopic (exact) mass is 439 g/mol. The SMILES string of the molecule is COC(=O)c1ccc(OCC(C)C)cc1N1CCN(Cc2nc3ccccc3s2)CC1. The molecule has 0 unspecified atom stereocenters. The number of para-hydroxylation sites is 1. The fourth-order valence-corrected chi connectivity index (χ4v) is 4.74. The second-order valence-electron chi connectivity index (χ2n) is 8.21. The average molecular weight is 440 g/mol. The highest BCUT2D eigenvalue weighted by molar-refractivity contribution is 7.18. The predicted octanol–water partition coefficient (Wildman–Crippen LogP) is 4.44. The van der Waals surface area contributed by atoms with E-state index >= 15 is 0 Å². The molecule has 1 fully saturated rings. The Morgan fingerprint density at radius 3 is 2.61 bits per heavy atom. The summed E-state index contributed by atoms with van der Waals surface area (Å²) < 4.78 is 12.1. The van der Waals surface area contributed by atoms with Gasteiger partial charge in [0, 0.05) is 32.2 Å². The minimum atomic E-state index is -0.317. The minimum absolute atomic E-state index is 0.317. The summed E-state index contributed by atoms with van der Waals surface area (Å²) in [5.74, 6) is 0.908. The molecule has 2 heterocycles. The lowest BCUT2D eigenvalue weighted by Crippen LogP contribution is -2.46. The number of ether oxygens (including phenoxy) is 2. The van der Waals surface area contributed by atoms with Gasteiger partial charge in [0.25, 0.3) is 0 Å². The zero-order valence-electron chi connectivity index (χ0n) is 18.3. The van der Waals surface area contributed by atoms with E-state index in [0.29, 0.717) is 18.1 Å². The third-order valence-electron chi connectivity index (χ3n) is 5.37. The summed E-state index contributed by atoms with van der Waals surface area (Å²) >= 11 is 1.76. The van der Waals surface area contributed by atoms with Crippen LogP contribution in [-0.2, 0) is 11.3 Å². The van der Waals surface area contributed by atoms with Gasteiger partial charge < -0.3 is 14.4 Å². The van der Waals surface area contributed by atoms with Crippen LogP contribution >= 0.6 is 11.3 Å². The van der Waals surface area contributed by atoms with E-state index in [9.17, 15) is 4.79 Å². The van der Waals surface area contributed by atoms with Crippen LogP contribution in [0.2, 0.25) is 0 Å². The fourth-order valence-electron chi connectivity index (χ4n) is 3.73. The van der Waals surface area contributed by atoms with E-state index in [4.69, 9.17) is 14.5 Å². The summed E-state index contributed by atoms with van der Waals surface area (Å²) in [6.07, 6.45) is 0. The molecule has 164 valence electrons. The Labute approximate surface area is 187 Å². The van der Waals surface area contributed by atoms with Gasteiger partial charge in [0.1, 0.15) is 10.8 Å². The summed E-state index contributed by atoms with van der Waals surface area (Å²) in [6.45, 7) is 9.23. The molecule has 0 amide bonds. The zero-order chi connectivity index (χ0) is 21.8. The number of anilines is 1. The minimum Gasteiger partial charge on any atom is -0.493 e. The van der Waals surface area contributed by atoms with Gasteiger partial charge in [-0.3, -0.25) is 4.90 Å². The number of thiazole rings is 1. The summed E-state index contributed by atoms with van der Waals surface area (Å²) in [6, 6.07) is 13.9. The Kier molecular flexibility index (Phi) is 6.73. The van der Waals surface area contributed by atoms with Crippen LogP contribution in [-0.4, -0.2) is 55.7 Å². The number of hydrogen-bond donors (Lipinski definition) is 0. The van der Waals surface area contributed by atoms with Crippen molar-refractivity contribution in [3.63, 3.8) is 0 Å². The van der Waals surface area contributed by atoms with Crippen LogP contribution in [0, 0.1) is 5.92 Å². The summed E-state index contributed by atoms with van der Waals surface area (Å²) in [4.78, 5) is 21.8. The van der Waals surface area contributed by atoms with Gasteiger partial charge in [-0.05, 0) is 30.2 Å². The van der Waals surface area contributed by atoms with Crippen molar-refractivity contribution in [1.29, 1.82) is 0 Å². The van der Waals surface area contributed by atoms with E-state index in [1.807, 2.05) is 24.3 Å². The molecule has 1 aromatic heterocycles. The number of carbonyl (C=O) groups is 1. The first-order chi connectivity index (χ1) is 15.0. The number of benzene rings is 2. The third kappa shape index (κ3) is 5.17. The maximum Gasteiger partial charge on any atom is 0.339 e. The molecule has 0 N–H and O–H groups in total. The molecule has 0 radical (unpaired) electrons. The first-order valence-electron chi connectivity index (χ1n) is 10.7. The molecule has 31 heavy (non-hydrogen) atoms. The Morgan fingerprint density at radius 2 is 1.90 bits per heavy atom. The topological polar surface area (TPSA) is 54.9 Å². The Hall–Kier alpha value is -2.64. The summed E-state index contributed by atoms with van der Waals surface area (Å²) in [5.41, 5.74) is 2.54. The Bertz CT molecular complexity index is 1010. The molecule has 1 aliphatic heterocycles. The summed E-state index contributed by atoms with van der Waals surface area (Å²) in [5, 5.41) is 1.15. The Morgan fingerprint density at radius 1 is 1.13 bits per heavy atom. The van der Waals surface area contributed by atoms with Crippen molar-refractivity contribution in [3.8, 4) is 5.75 Å². The number of piperazine rings is 1. The van der Waals surface area contributed by atoms with E-state index in [-0.39, 0.29) is 5.97 Å². The maximum atomic E-state index is 12.3. The van der Waals surface area contributed by atoms with Gasteiger partial charge in [0.15, 0.2) is 0 Å². The molecule has 4 rings (SSSR count). The van der Waals surface area contributed by atoms with E-state index in [1.165, 1.54) is 11.8 Å². The largest absolute Gasteiger partial charge is 0.493 e. The van der Waals surface area contributed by atoms with Crippen molar-refractivity contribution in [1.82, 2.24) is 9.88 Å². The van der Waals surface area contributed by atoms with E-state index in [1.54, 1.807) is 11.3 Å². The van der Waals surface area contributed by atoms with Crippen LogP contribution in [0.5, 0.6) is 5.75 Å². The van der Waals surface area contributed by atoms with Crippen molar-refractivity contribution in [3.05, 3.63) is 53.0 Å². The number of nitrogens with zero attached hydrogens (tertiary/aromatic N) is 3. The van der Waals surface area contributed by atoms with Gasteiger partial charge in [-0.1, -0.05) is 26.0 Å². The molecule has 0 aliphatic carbocycles. The van der Waals surface area contributed by atoms with Gasteiger partial charge >= 0.3 is 5.97 Å². The van der Waals surface area contributed by atoms with Crippen LogP contribution in [0.3, 0.4) is 0 Å². The molecule has 0 spiro atoms. The van der Waals surface area contributed by atoms with Crippen molar-refractivity contribution in [2.45, 2.75) is 20.4 Å². The highest BCUT2D eigenvalue weighted by Gasteiger charge is 2.23. The lowest BCUT2D eigenvalue weighted by Gasteiger charge is -2.36. The van der Waals surface area contributed by atoms with E-state index in [2.05, 4.69) is 41.8 Å². The van der Waals surface area contributed by atoms with Gasteiger partial charge in [-0.2, -0.15) is 0 Å². The number of esters is 1. The molecule has 3 aromatic rings. The smallest absolute Gasteiger partial charge is 0.339 e. The number of aromatic nitrogens is 1. The fraction of sp³-hybridized carbons (Fsp3) is 0.417. The molecule has 0 atom stereocenters. The molecule has 0 bridgehead atoms. The second kappa shape index (κ2) is 9.66. The quantitative estimate of drug-likeness (QED) is 0.508. The molecular formula is C24H29N3O3S. The first kappa shape index (κ1) is 21.6. The van der Waals surface area contributed by atoms with Crippen LogP contribution in [0.4, 0.5) is 5.69 Å². The van der Waals surface area contributed by atoms with Crippen molar-refractivity contribution in [2.24, 2.45) is 5.92 Å². The van der Waals surface area contributed by atoms with Crippen molar-refractivity contribution < 1.29 is 14.3 Å². The molecule has 7 heteroatoms. The number of fused-ring (bicyclic) bond motifs is 1. The third-order valence-corrected chi connectivity index (χ3v) is 6.39. The lowest BCUT2D eigenvalue weighted by molar-refractivity contribution is 0.0601. The van der Waals surface area contributed by atoms with Crippen molar-refractivity contribution in [2.75, 3.05) is 44.8 Å². The Balaban J connectivity index is 1.45. The van der Waals surface area contributed by atoms with Gasteiger partial charge in [0.2, 0.25) is 0 Å². The standard InChI is InChI=1S/C24H29N3O3S/c1-17(2)16-30-18-8-9-19(24(28)29-3)21(14-18)27-12-10-26(11-13-27)15-23-25-20-6-4-5-7-22(20)31-23/h4-9,14,17H,10-13,15-16H2,1-3H3. The number of rotatable bonds is 7. The molecule has 2 aromatic carbocycles. The van der Waals surface area contributed by atoms with Crippen LogP contribution < -0.4 is 9.64 Å². The van der Waals surface area contributed by atoms with Crippen LogP contribution in [0.25, 0.3) is 10.2 Å². The van der Waals surface area contributed by atoms with Crippen LogP contribution in [0.15, 0.2) is 42.5 Å². The van der Waals surface area contributed by atoms with Gasteiger partial charge in [-0.25, -0.2) is 9.78 Å². The highest BCUT2D eigenvalue weighted by Crippen LogP contribution is 2.29. The number of methoxy groups -OCH3 is 1. The van der Waals surface area contributed by atoms with Crippen LogP contribution in [0.1, 0.15) is 29.2 Å². The van der Waals surface area contributed by atoms with Gasteiger partial charge in [0.05, 0.1) is 41.7 Å². The molecule has 6 nitrogen and oxygen atoms in total. The average Bonchev–Trinajstić information content (AvgIpc) is 3.20. The second-order valence-corrected chi connectivity index (χ2v) is 9.33. The maximum absolute atomic E-state index is 12.3. The zero-order valence-corrected chi connectivity index (χ0v) is 19.2. The van der Waals surface area contributed by atoms with E-state index < -0.39 is 0 Å². The molecular weight excluding hydrogens is 410 g/mol. The molecule has 1 saturated heterocycles. The van der Waals surface area contributed by atoms with E-state index in [0.717, 1.165) is 54.7 Å².